The largest absolute Gasteiger partial charge is 0.469 e. The number of hydrogen-bond acceptors (Lipinski definition) is 6. The first-order chi connectivity index (χ1) is 9.63. The van der Waals surface area contributed by atoms with Crippen LogP contribution in [0, 0.1) is 0 Å². The topological polar surface area (TPSA) is 84.9 Å². The first kappa shape index (κ1) is 16.8. The highest BCUT2D eigenvalue weighted by atomic mass is 32.2. The zero-order chi connectivity index (χ0) is 14.8. The summed E-state index contributed by atoms with van der Waals surface area (Å²) in [6.45, 7) is 2.63. The molecule has 1 rings (SSSR count). The van der Waals surface area contributed by atoms with Gasteiger partial charge in [-0.05, 0) is 0 Å². The van der Waals surface area contributed by atoms with Gasteiger partial charge in [0.15, 0.2) is 0 Å². The van der Waals surface area contributed by atoms with Crippen molar-refractivity contribution in [1.82, 2.24) is 10.2 Å². The molecule has 8 heteroatoms. The maximum absolute atomic E-state index is 11.8. The molecule has 1 aliphatic heterocycles. The lowest BCUT2D eigenvalue weighted by molar-refractivity contribution is -0.140. The Hall–Kier alpha value is -1.28. The van der Waals surface area contributed by atoms with Crippen molar-refractivity contribution < 1.29 is 23.9 Å². The van der Waals surface area contributed by atoms with Crippen molar-refractivity contribution in [2.24, 2.45) is 0 Å². The quantitative estimate of drug-likeness (QED) is 0.624. The molecule has 0 aliphatic carbocycles. The van der Waals surface area contributed by atoms with Crippen LogP contribution in [0.2, 0.25) is 0 Å². The highest BCUT2D eigenvalue weighted by Crippen LogP contribution is 2.04. The van der Waals surface area contributed by atoms with E-state index in [9.17, 15) is 14.4 Å². The molecule has 0 aromatic carbocycles. The number of carbonyl (C=O) groups is 3. The van der Waals surface area contributed by atoms with Gasteiger partial charge < -0.3 is 19.7 Å². The minimum absolute atomic E-state index is 0.0284. The number of esters is 1. The van der Waals surface area contributed by atoms with Gasteiger partial charge in [-0.25, -0.2) is 0 Å². The second-order valence-corrected chi connectivity index (χ2v) is 5.15. The number of thioether (sulfide) groups is 1. The van der Waals surface area contributed by atoms with Crippen LogP contribution in [0.5, 0.6) is 0 Å². The first-order valence-electron chi connectivity index (χ1n) is 6.40. The molecule has 1 heterocycles. The minimum atomic E-state index is -0.361. The average Bonchev–Trinajstić information content (AvgIpc) is 2.47. The van der Waals surface area contributed by atoms with E-state index >= 15 is 0 Å². The maximum atomic E-state index is 11.8. The molecule has 1 N–H and O–H groups in total. The summed E-state index contributed by atoms with van der Waals surface area (Å²) in [7, 11) is 1.30. The summed E-state index contributed by atoms with van der Waals surface area (Å²) in [6, 6.07) is 0. The van der Waals surface area contributed by atoms with E-state index in [-0.39, 0.29) is 42.3 Å². The summed E-state index contributed by atoms with van der Waals surface area (Å²) in [4.78, 5) is 35.8. The van der Waals surface area contributed by atoms with Crippen molar-refractivity contribution in [2.75, 3.05) is 51.5 Å². The summed E-state index contributed by atoms with van der Waals surface area (Å²) >= 11 is 1.27. The van der Waals surface area contributed by atoms with E-state index in [1.54, 1.807) is 4.90 Å². The summed E-state index contributed by atoms with van der Waals surface area (Å²) in [5.41, 5.74) is 0. The molecule has 1 saturated heterocycles. The highest BCUT2D eigenvalue weighted by molar-refractivity contribution is 8.00. The molecule has 1 fully saturated rings. The predicted octanol–water partition coefficient (Wildman–Crippen LogP) is -0.742. The zero-order valence-electron chi connectivity index (χ0n) is 11.6. The van der Waals surface area contributed by atoms with E-state index in [4.69, 9.17) is 4.74 Å². The van der Waals surface area contributed by atoms with Gasteiger partial charge >= 0.3 is 5.97 Å². The number of hydrogen-bond donors (Lipinski definition) is 1. The van der Waals surface area contributed by atoms with Crippen LogP contribution in [0.15, 0.2) is 0 Å². The van der Waals surface area contributed by atoms with Crippen LogP contribution in [-0.2, 0) is 23.9 Å². The van der Waals surface area contributed by atoms with Crippen LogP contribution in [0.1, 0.15) is 6.42 Å². The third kappa shape index (κ3) is 6.76. The highest BCUT2D eigenvalue weighted by Gasteiger charge is 2.16. The van der Waals surface area contributed by atoms with E-state index in [0.29, 0.717) is 26.3 Å². The van der Waals surface area contributed by atoms with Gasteiger partial charge in [-0.1, -0.05) is 0 Å². The molecule has 1 aliphatic rings. The molecule has 7 nitrogen and oxygen atoms in total. The number of ether oxygens (including phenoxy) is 2. The number of amides is 2. The Morgan fingerprint density at radius 1 is 1.25 bits per heavy atom. The van der Waals surface area contributed by atoms with Crippen molar-refractivity contribution in [3.05, 3.63) is 0 Å². The molecule has 114 valence electrons. The van der Waals surface area contributed by atoms with Crippen molar-refractivity contribution >= 4 is 29.5 Å². The second-order valence-electron chi connectivity index (χ2n) is 4.16. The fourth-order valence-electron chi connectivity index (χ4n) is 1.59. The van der Waals surface area contributed by atoms with Crippen LogP contribution in [0.25, 0.3) is 0 Å². The fourth-order valence-corrected chi connectivity index (χ4v) is 2.34. The smallest absolute Gasteiger partial charge is 0.307 e. The molecule has 0 radical (unpaired) electrons. The lowest BCUT2D eigenvalue weighted by Crippen LogP contribution is -2.41. The number of methoxy groups -OCH3 is 1. The Balaban J connectivity index is 2.06. The zero-order valence-corrected chi connectivity index (χ0v) is 12.4. The number of rotatable bonds is 7. The van der Waals surface area contributed by atoms with Gasteiger partial charge in [0.25, 0.3) is 0 Å². The van der Waals surface area contributed by atoms with E-state index in [2.05, 4.69) is 10.1 Å². The van der Waals surface area contributed by atoms with Crippen molar-refractivity contribution in [2.45, 2.75) is 6.42 Å². The molecule has 0 saturated carbocycles. The van der Waals surface area contributed by atoms with Gasteiger partial charge in [0.2, 0.25) is 11.8 Å². The van der Waals surface area contributed by atoms with Gasteiger partial charge in [0.1, 0.15) is 0 Å². The van der Waals surface area contributed by atoms with Gasteiger partial charge in [-0.15, -0.1) is 11.8 Å². The Labute approximate surface area is 122 Å². The number of carbonyl (C=O) groups excluding carboxylic acids is 3. The number of nitrogens with zero attached hydrogens (tertiary/aromatic N) is 1. The Kier molecular flexibility index (Phi) is 8.05. The molecular weight excluding hydrogens is 284 g/mol. The van der Waals surface area contributed by atoms with Crippen LogP contribution >= 0.6 is 11.8 Å². The standard InChI is InChI=1S/C12H20N2O5S/c1-18-12(17)2-3-13-10(15)8-20-9-11(16)14-4-6-19-7-5-14/h2-9H2,1H3,(H,13,15). The predicted molar refractivity (Wildman–Crippen MR) is 74.4 cm³/mol. The van der Waals surface area contributed by atoms with Gasteiger partial charge in [0, 0.05) is 19.6 Å². The van der Waals surface area contributed by atoms with Crippen LogP contribution in [-0.4, -0.2) is 74.1 Å². The normalized spacial score (nSPS) is 14.8. The molecule has 20 heavy (non-hydrogen) atoms. The van der Waals surface area contributed by atoms with Crippen LogP contribution in [0.3, 0.4) is 0 Å². The lowest BCUT2D eigenvalue weighted by Gasteiger charge is -2.26. The number of nitrogens with one attached hydrogen (secondary N) is 1. The molecular formula is C12H20N2O5S. The second kappa shape index (κ2) is 9.60. The monoisotopic (exact) mass is 304 g/mol. The Morgan fingerprint density at radius 2 is 1.95 bits per heavy atom. The first-order valence-corrected chi connectivity index (χ1v) is 7.55. The summed E-state index contributed by atoms with van der Waals surface area (Å²) in [5, 5.41) is 2.60. The van der Waals surface area contributed by atoms with Gasteiger partial charge in [0.05, 0.1) is 38.3 Å². The van der Waals surface area contributed by atoms with Crippen LogP contribution < -0.4 is 5.32 Å². The van der Waals surface area contributed by atoms with Crippen molar-refractivity contribution in [3.8, 4) is 0 Å². The van der Waals surface area contributed by atoms with E-state index in [1.807, 2.05) is 0 Å². The molecule has 0 bridgehead atoms. The molecule has 0 aromatic rings. The number of morpholine rings is 1. The van der Waals surface area contributed by atoms with Crippen molar-refractivity contribution in [1.29, 1.82) is 0 Å². The summed E-state index contributed by atoms with van der Waals surface area (Å²) in [5.74, 6) is -0.0309. The Bertz CT molecular complexity index is 345. The molecule has 2 amide bonds. The van der Waals surface area contributed by atoms with Crippen molar-refractivity contribution in [3.63, 3.8) is 0 Å². The third-order valence-corrected chi connectivity index (χ3v) is 3.62. The molecule has 0 unspecified atom stereocenters. The molecule has 0 aromatic heterocycles. The maximum Gasteiger partial charge on any atom is 0.307 e. The Morgan fingerprint density at radius 3 is 2.60 bits per heavy atom. The van der Waals surface area contributed by atoms with E-state index < -0.39 is 0 Å². The average molecular weight is 304 g/mol. The van der Waals surface area contributed by atoms with E-state index in [0.717, 1.165) is 0 Å². The molecule has 0 spiro atoms. The summed E-state index contributed by atoms with van der Waals surface area (Å²) < 4.78 is 9.62. The van der Waals surface area contributed by atoms with Gasteiger partial charge in [-0.2, -0.15) is 0 Å². The molecule has 0 atom stereocenters. The van der Waals surface area contributed by atoms with Crippen LogP contribution in [0.4, 0.5) is 0 Å². The summed E-state index contributed by atoms with van der Waals surface area (Å²) in [6.07, 6.45) is 0.152. The van der Waals surface area contributed by atoms with Gasteiger partial charge in [-0.3, -0.25) is 14.4 Å². The van der Waals surface area contributed by atoms with E-state index in [1.165, 1.54) is 18.9 Å². The third-order valence-electron chi connectivity index (χ3n) is 2.70. The fraction of sp³-hybridized carbons (Fsp3) is 0.750. The minimum Gasteiger partial charge on any atom is -0.469 e. The lowest BCUT2D eigenvalue weighted by atomic mass is 10.4. The SMILES string of the molecule is COC(=O)CCNC(=O)CSCC(=O)N1CCOCC1.